The molecule has 1 amide bonds. The second kappa shape index (κ2) is 6.95. The Bertz CT molecular complexity index is 663. The molecule has 0 unspecified atom stereocenters. The van der Waals surface area contributed by atoms with Crippen molar-refractivity contribution in [3.63, 3.8) is 0 Å². The Morgan fingerprint density at radius 2 is 2.17 bits per heavy atom. The van der Waals surface area contributed by atoms with E-state index in [0.717, 1.165) is 51.4 Å². The average Bonchev–Trinajstić information content (AvgIpc) is 3.07. The molecule has 1 saturated heterocycles. The third-order valence-corrected chi connectivity index (χ3v) is 4.30. The van der Waals surface area contributed by atoms with Gasteiger partial charge in [-0.1, -0.05) is 5.16 Å². The van der Waals surface area contributed by atoms with E-state index in [2.05, 4.69) is 19.6 Å². The number of aryl methyl sites for hydroxylation is 2. The highest BCUT2D eigenvalue weighted by molar-refractivity contribution is 5.92. The maximum atomic E-state index is 12.4. The highest BCUT2D eigenvalue weighted by Crippen LogP contribution is 2.10. The molecule has 23 heavy (non-hydrogen) atoms. The molecular formula is C16H23N5O2. The summed E-state index contributed by atoms with van der Waals surface area (Å²) >= 11 is 0. The van der Waals surface area contributed by atoms with Gasteiger partial charge < -0.3 is 18.9 Å². The Kier molecular flexibility index (Phi) is 4.76. The van der Waals surface area contributed by atoms with Crippen molar-refractivity contribution >= 4 is 5.91 Å². The minimum Gasteiger partial charge on any atom is -0.361 e. The summed E-state index contributed by atoms with van der Waals surface area (Å²) in [5.74, 6) is 1.73. The first-order chi connectivity index (χ1) is 11.1. The van der Waals surface area contributed by atoms with E-state index in [9.17, 15) is 4.79 Å². The molecule has 0 saturated carbocycles. The number of rotatable bonds is 4. The van der Waals surface area contributed by atoms with Gasteiger partial charge in [-0.05, 0) is 19.9 Å². The molecular weight excluding hydrogens is 294 g/mol. The molecule has 0 N–H and O–H groups in total. The zero-order valence-corrected chi connectivity index (χ0v) is 13.7. The molecule has 7 nitrogen and oxygen atoms in total. The lowest BCUT2D eigenvalue weighted by atomic mass is 10.3. The molecule has 1 aliphatic heterocycles. The fraction of sp³-hybridized carbons (Fsp3) is 0.562. The van der Waals surface area contributed by atoms with E-state index in [1.165, 1.54) is 0 Å². The quantitative estimate of drug-likeness (QED) is 0.845. The minimum atomic E-state index is -0.0344. The van der Waals surface area contributed by atoms with E-state index < -0.39 is 0 Å². The molecule has 0 aliphatic carbocycles. The molecule has 124 valence electrons. The van der Waals surface area contributed by atoms with Crippen LogP contribution in [0.4, 0.5) is 0 Å². The third-order valence-electron chi connectivity index (χ3n) is 4.30. The van der Waals surface area contributed by atoms with Crippen LogP contribution in [-0.2, 0) is 13.5 Å². The fourth-order valence-corrected chi connectivity index (χ4v) is 2.92. The Balaban J connectivity index is 1.53. The normalized spacial score (nSPS) is 16.5. The molecule has 1 fully saturated rings. The summed E-state index contributed by atoms with van der Waals surface area (Å²) in [6, 6.07) is 1.70. The van der Waals surface area contributed by atoms with E-state index in [1.807, 2.05) is 24.3 Å². The van der Waals surface area contributed by atoms with Crippen molar-refractivity contribution in [2.24, 2.45) is 7.05 Å². The smallest absolute Gasteiger partial charge is 0.276 e. The Labute approximate surface area is 135 Å². The lowest BCUT2D eigenvalue weighted by Gasteiger charge is -2.21. The number of amides is 1. The molecule has 7 heteroatoms. The second-order valence-electron chi connectivity index (χ2n) is 6.01. The second-order valence-corrected chi connectivity index (χ2v) is 6.01. The van der Waals surface area contributed by atoms with Gasteiger partial charge in [-0.25, -0.2) is 4.98 Å². The number of carbonyl (C=O) groups is 1. The van der Waals surface area contributed by atoms with Crippen LogP contribution in [0.3, 0.4) is 0 Å². The fourth-order valence-electron chi connectivity index (χ4n) is 2.92. The maximum absolute atomic E-state index is 12.4. The van der Waals surface area contributed by atoms with Crippen LogP contribution in [0.15, 0.2) is 23.0 Å². The molecule has 2 aromatic rings. The minimum absolute atomic E-state index is 0.0344. The van der Waals surface area contributed by atoms with E-state index in [1.54, 1.807) is 13.0 Å². The lowest BCUT2D eigenvalue weighted by molar-refractivity contribution is 0.0751. The van der Waals surface area contributed by atoms with Gasteiger partial charge in [0.1, 0.15) is 11.6 Å². The predicted molar refractivity (Wildman–Crippen MR) is 85.1 cm³/mol. The molecule has 0 atom stereocenters. The summed E-state index contributed by atoms with van der Waals surface area (Å²) in [5.41, 5.74) is 0.406. The molecule has 0 radical (unpaired) electrons. The third kappa shape index (κ3) is 3.79. The van der Waals surface area contributed by atoms with Gasteiger partial charge >= 0.3 is 0 Å². The van der Waals surface area contributed by atoms with Gasteiger partial charge in [-0.2, -0.15) is 0 Å². The molecule has 0 aromatic carbocycles. The number of imidazole rings is 1. The lowest BCUT2D eigenvalue weighted by Crippen LogP contribution is -2.36. The van der Waals surface area contributed by atoms with Gasteiger partial charge in [0.05, 0.1) is 0 Å². The van der Waals surface area contributed by atoms with Crippen molar-refractivity contribution in [2.45, 2.75) is 19.8 Å². The molecule has 0 bridgehead atoms. The zero-order valence-electron chi connectivity index (χ0n) is 13.7. The first-order valence-corrected chi connectivity index (χ1v) is 8.04. The monoisotopic (exact) mass is 317 g/mol. The molecule has 2 aromatic heterocycles. The number of hydrogen-bond donors (Lipinski definition) is 0. The van der Waals surface area contributed by atoms with Crippen LogP contribution in [0.5, 0.6) is 0 Å². The zero-order chi connectivity index (χ0) is 16.2. The van der Waals surface area contributed by atoms with Crippen LogP contribution in [0, 0.1) is 6.92 Å². The SMILES string of the molecule is Cc1cc(C(=O)N2CCCN(CCc3nccn3C)CC2)no1. The van der Waals surface area contributed by atoms with E-state index in [0.29, 0.717) is 11.5 Å². The number of aromatic nitrogens is 3. The van der Waals surface area contributed by atoms with Crippen LogP contribution in [0.25, 0.3) is 0 Å². The molecule has 3 heterocycles. The van der Waals surface area contributed by atoms with E-state index >= 15 is 0 Å². The summed E-state index contributed by atoms with van der Waals surface area (Å²) in [7, 11) is 2.02. The van der Waals surface area contributed by atoms with Gasteiger partial charge in [0.2, 0.25) is 0 Å². The Hall–Kier alpha value is -2.15. The van der Waals surface area contributed by atoms with Gasteiger partial charge in [0, 0.05) is 58.1 Å². The van der Waals surface area contributed by atoms with Gasteiger partial charge in [-0.3, -0.25) is 4.79 Å². The van der Waals surface area contributed by atoms with Crippen molar-refractivity contribution in [2.75, 3.05) is 32.7 Å². The van der Waals surface area contributed by atoms with Gasteiger partial charge in [0.25, 0.3) is 5.91 Å². The summed E-state index contributed by atoms with van der Waals surface area (Å²) in [6.45, 7) is 6.15. The van der Waals surface area contributed by atoms with Crippen molar-refractivity contribution in [3.05, 3.63) is 35.7 Å². The van der Waals surface area contributed by atoms with Crippen molar-refractivity contribution in [3.8, 4) is 0 Å². The summed E-state index contributed by atoms with van der Waals surface area (Å²) in [5, 5.41) is 3.83. The van der Waals surface area contributed by atoms with E-state index in [-0.39, 0.29) is 5.91 Å². The largest absolute Gasteiger partial charge is 0.361 e. The van der Waals surface area contributed by atoms with Crippen molar-refractivity contribution < 1.29 is 9.32 Å². The average molecular weight is 317 g/mol. The topological polar surface area (TPSA) is 67.4 Å². The maximum Gasteiger partial charge on any atom is 0.276 e. The predicted octanol–water partition coefficient (Wildman–Crippen LogP) is 1.11. The molecule has 3 rings (SSSR count). The van der Waals surface area contributed by atoms with E-state index in [4.69, 9.17) is 4.52 Å². The summed E-state index contributed by atoms with van der Waals surface area (Å²) < 4.78 is 7.06. The summed E-state index contributed by atoms with van der Waals surface area (Å²) in [4.78, 5) is 21.1. The van der Waals surface area contributed by atoms with Crippen molar-refractivity contribution in [1.82, 2.24) is 24.5 Å². The first-order valence-electron chi connectivity index (χ1n) is 8.04. The van der Waals surface area contributed by atoms with Crippen LogP contribution >= 0.6 is 0 Å². The Morgan fingerprint density at radius 1 is 1.30 bits per heavy atom. The molecule has 0 spiro atoms. The van der Waals surface area contributed by atoms with Gasteiger partial charge in [-0.15, -0.1) is 0 Å². The van der Waals surface area contributed by atoms with Crippen LogP contribution in [0.1, 0.15) is 28.5 Å². The van der Waals surface area contributed by atoms with Crippen LogP contribution in [0.2, 0.25) is 0 Å². The highest BCUT2D eigenvalue weighted by atomic mass is 16.5. The number of carbonyl (C=O) groups excluding carboxylic acids is 1. The van der Waals surface area contributed by atoms with Gasteiger partial charge in [0.15, 0.2) is 5.69 Å². The number of hydrogen-bond acceptors (Lipinski definition) is 5. The molecule has 1 aliphatic rings. The van der Waals surface area contributed by atoms with Crippen LogP contribution < -0.4 is 0 Å². The Morgan fingerprint density at radius 3 is 2.87 bits per heavy atom. The summed E-state index contributed by atoms with van der Waals surface area (Å²) in [6.07, 6.45) is 5.71. The standard InChI is InChI=1S/C16H23N5O2/c1-13-12-14(18-23-13)16(22)21-7-3-6-20(10-11-21)8-4-15-17-5-9-19(15)2/h5,9,12H,3-4,6-8,10-11H2,1-2H3. The first kappa shape index (κ1) is 15.7. The highest BCUT2D eigenvalue weighted by Gasteiger charge is 2.22. The number of nitrogens with zero attached hydrogens (tertiary/aromatic N) is 5. The van der Waals surface area contributed by atoms with Crippen molar-refractivity contribution in [1.29, 1.82) is 0 Å². The van der Waals surface area contributed by atoms with Crippen LogP contribution in [-0.4, -0.2) is 63.1 Å².